The van der Waals surface area contributed by atoms with E-state index >= 15 is 0 Å². The molecule has 1 atom stereocenters. The van der Waals surface area contributed by atoms with E-state index in [9.17, 15) is 4.79 Å². The van der Waals surface area contributed by atoms with E-state index < -0.39 is 0 Å². The van der Waals surface area contributed by atoms with E-state index in [2.05, 4.69) is 53.5 Å². The summed E-state index contributed by atoms with van der Waals surface area (Å²) in [5.74, 6) is 0.342. The Morgan fingerprint density at radius 3 is 1.56 bits per heavy atom. The third kappa shape index (κ3) is 5.51. The van der Waals surface area contributed by atoms with Crippen molar-refractivity contribution >= 4 is 5.78 Å². The molecule has 0 aromatic heterocycles. The van der Waals surface area contributed by atoms with E-state index in [4.69, 9.17) is 0 Å². The monoisotopic (exact) mass is 255 g/mol. The highest BCUT2D eigenvalue weighted by atomic mass is 16.1. The van der Waals surface area contributed by atoms with E-state index in [1.807, 2.05) is 20.8 Å². The molecule has 0 aliphatic carbocycles. The molecule has 0 aromatic carbocycles. The molecule has 0 radical (unpaired) electrons. The molecule has 18 heavy (non-hydrogen) atoms. The quantitative estimate of drug-likeness (QED) is 0.755. The third-order valence-corrected chi connectivity index (χ3v) is 3.37. The summed E-state index contributed by atoms with van der Waals surface area (Å²) in [6, 6.07) is -0.00926. The van der Waals surface area contributed by atoms with Gasteiger partial charge in [0.1, 0.15) is 0 Å². The molecule has 108 valence electrons. The fourth-order valence-corrected chi connectivity index (χ4v) is 1.95. The lowest BCUT2D eigenvalue weighted by atomic mass is 9.78. The highest BCUT2D eigenvalue weighted by Gasteiger charge is 2.38. The normalized spacial score (nSPS) is 15.9. The zero-order chi connectivity index (χ0) is 14.9. The van der Waals surface area contributed by atoms with Gasteiger partial charge in [-0.05, 0) is 39.7 Å². The predicted molar refractivity (Wildman–Crippen MR) is 79.8 cm³/mol. The van der Waals surface area contributed by atoms with Gasteiger partial charge in [0, 0.05) is 11.0 Å². The minimum absolute atomic E-state index is 0.00926. The Morgan fingerprint density at radius 2 is 1.33 bits per heavy atom. The van der Waals surface area contributed by atoms with Gasteiger partial charge < -0.3 is 0 Å². The van der Waals surface area contributed by atoms with Gasteiger partial charge in [0.15, 0.2) is 5.78 Å². The van der Waals surface area contributed by atoms with Crippen molar-refractivity contribution in [3.8, 4) is 0 Å². The molecular formula is C16H33NO. The maximum Gasteiger partial charge on any atom is 0.155 e. The average Bonchev–Trinajstić information content (AvgIpc) is 2.07. The lowest BCUT2D eigenvalue weighted by Gasteiger charge is -2.42. The number of carbonyl (C=O) groups is 1. The third-order valence-electron chi connectivity index (χ3n) is 3.37. The summed E-state index contributed by atoms with van der Waals surface area (Å²) in [5.41, 5.74) is -0.114. The van der Waals surface area contributed by atoms with Crippen molar-refractivity contribution in [3.63, 3.8) is 0 Å². The highest BCUT2D eigenvalue weighted by molar-refractivity contribution is 5.88. The Bertz CT molecular complexity index is 286. The fourth-order valence-electron chi connectivity index (χ4n) is 1.95. The number of likely N-dealkylation sites (N-methyl/N-ethyl adjacent to an activating group) is 1. The fraction of sp³-hybridized carbons (Fsp3) is 0.938. The standard InChI is InChI=1S/C16H33NO/c1-14(2,3)11-12(13(18)15(4,5)6)17(10)16(7,8)9/h12H,11H2,1-10H3/t12-/m0/s1. The van der Waals surface area contributed by atoms with Gasteiger partial charge in [0.25, 0.3) is 0 Å². The molecule has 0 heterocycles. The Labute approximate surface area is 114 Å². The van der Waals surface area contributed by atoms with Crippen LogP contribution >= 0.6 is 0 Å². The molecule has 0 bridgehead atoms. The van der Waals surface area contributed by atoms with Crippen LogP contribution in [0.3, 0.4) is 0 Å². The summed E-state index contributed by atoms with van der Waals surface area (Å²) in [6.07, 6.45) is 0.900. The van der Waals surface area contributed by atoms with Crippen LogP contribution in [0.5, 0.6) is 0 Å². The van der Waals surface area contributed by atoms with Crippen LogP contribution < -0.4 is 0 Å². The molecule has 2 nitrogen and oxygen atoms in total. The van der Waals surface area contributed by atoms with E-state index in [-0.39, 0.29) is 22.4 Å². The van der Waals surface area contributed by atoms with Gasteiger partial charge in [-0.15, -0.1) is 0 Å². The first-order valence-electron chi connectivity index (χ1n) is 6.93. The Hall–Kier alpha value is -0.370. The maximum atomic E-state index is 12.7. The number of hydrogen-bond donors (Lipinski definition) is 0. The molecule has 0 aliphatic rings. The van der Waals surface area contributed by atoms with Crippen LogP contribution in [0.25, 0.3) is 0 Å². The van der Waals surface area contributed by atoms with Crippen molar-refractivity contribution < 1.29 is 4.79 Å². The predicted octanol–water partition coefficient (Wildman–Crippen LogP) is 4.14. The zero-order valence-electron chi connectivity index (χ0n) is 14.1. The summed E-state index contributed by atoms with van der Waals surface area (Å²) in [4.78, 5) is 14.9. The van der Waals surface area contributed by atoms with Gasteiger partial charge in [-0.2, -0.15) is 0 Å². The van der Waals surface area contributed by atoms with Gasteiger partial charge in [0.2, 0.25) is 0 Å². The summed E-state index contributed by atoms with van der Waals surface area (Å²) in [7, 11) is 2.07. The van der Waals surface area contributed by atoms with Gasteiger partial charge in [-0.3, -0.25) is 9.69 Å². The SMILES string of the molecule is CN([C@@H](CC(C)(C)C)C(=O)C(C)(C)C)C(C)(C)C. The zero-order valence-corrected chi connectivity index (χ0v) is 14.1. The number of nitrogens with zero attached hydrogens (tertiary/aromatic N) is 1. The second-order valence-corrected chi connectivity index (χ2v) is 8.68. The van der Waals surface area contributed by atoms with Gasteiger partial charge in [-0.1, -0.05) is 41.5 Å². The Kier molecular flexibility index (Phi) is 5.21. The summed E-state index contributed by atoms with van der Waals surface area (Å²) >= 11 is 0. The summed E-state index contributed by atoms with van der Waals surface area (Å²) in [5, 5.41) is 0. The minimum atomic E-state index is -0.282. The van der Waals surface area contributed by atoms with Crippen LogP contribution in [0.4, 0.5) is 0 Å². The topological polar surface area (TPSA) is 20.3 Å². The first-order chi connectivity index (χ1) is 7.66. The van der Waals surface area contributed by atoms with Crippen LogP contribution in [0.2, 0.25) is 0 Å². The van der Waals surface area contributed by atoms with Gasteiger partial charge >= 0.3 is 0 Å². The molecule has 0 rings (SSSR count). The molecular weight excluding hydrogens is 222 g/mol. The number of hydrogen-bond acceptors (Lipinski definition) is 2. The molecule has 0 N–H and O–H groups in total. The van der Waals surface area contributed by atoms with Crippen LogP contribution in [-0.4, -0.2) is 29.3 Å². The van der Waals surface area contributed by atoms with Gasteiger partial charge in [0.05, 0.1) is 6.04 Å². The molecule has 0 fully saturated rings. The Balaban J connectivity index is 5.27. The van der Waals surface area contributed by atoms with E-state index in [0.29, 0.717) is 5.78 Å². The number of carbonyl (C=O) groups excluding carboxylic acids is 1. The number of ketones is 1. The van der Waals surface area contributed by atoms with Crippen molar-refractivity contribution in [1.29, 1.82) is 0 Å². The molecule has 0 saturated carbocycles. The smallest absolute Gasteiger partial charge is 0.155 e. The highest BCUT2D eigenvalue weighted by Crippen LogP contribution is 2.31. The van der Waals surface area contributed by atoms with Crippen molar-refractivity contribution in [3.05, 3.63) is 0 Å². The molecule has 0 spiro atoms. The Morgan fingerprint density at radius 1 is 0.944 bits per heavy atom. The summed E-state index contributed by atoms with van der Waals surface area (Å²) < 4.78 is 0. The van der Waals surface area contributed by atoms with Crippen molar-refractivity contribution in [2.75, 3.05) is 7.05 Å². The van der Waals surface area contributed by atoms with Crippen molar-refractivity contribution in [2.45, 2.75) is 80.3 Å². The second kappa shape index (κ2) is 5.32. The van der Waals surface area contributed by atoms with E-state index in [1.54, 1.807) is 0 Å². The van der Waals surface area contributed by atoms with Crippen LogP contribution in [0, 0.1) is 10.8 Å². The maximum absolute atomic E-state index is 12.7. The molecule has 0 unspecified atom stereocenters. The van der Waals surface area contributed by atoms with Crippen molar-refractivity contribution in [2.24, 2.45) is 10.8 Å². The molecule has 0 aliphatic heterocycles. The van der Waals surface area contributed by atoms with Crippen LogP contribution in [0.15, 0.2) is 0 Å². The van der Waals surface area contributed by atoms with Crippen LogP contribution in [0.1, 0.15) is 68.7 Å². The second-order valence-electron chi connectivity index (χ2n) is 8.68. The molecule has 0 aromatic rings. The first-order valence-corrected chi connectivity index (χ1v) is 6.93. The van der Waals surface area contributed by atoms with Crippen LogP contribution in [-0.2, 0) is 4.79 Å². The minimum Gasteiger partial charge on any atom is -0.297 e. The average molecular weight is 255 g/mol. The van der Waals surface area contributed by atoms with E-state index in [1.165, 1.54) is 0 Å². The number of Topliss-reactive ketones (excluding diaryl/α,β-unsaturated/α-hetero) is 1. The first kappa shape index (κ1) is 17.6. The molecule has 2 heteroatoms. The largest absolute Gasteiger partial charge is 0.297 e. The lowest BCUT2D eigenvalue weighted by Crippen LogP contribution is -2.53. The summed E-state index contributed by atoms with van der Waals surface area (Å²) in [6.45, 7) is 19.1. The van der Waals surface area contributed by atoms with Gasteiger partial charge in [-0.25, -0.2) is 0 Å². The van der Waals surface area contributed by atoms with Crippen molar-refractivity contribution in [1.82, 2.24) is 4.90 Å². The van der Waals surface area contributed by atoms with E-state index in [0.717, 1.165) is 6.42 Å². The lowest BCUT2D eigenvalue weighted by molar-refractivity contribution is -0.134. The number of rotatable bonds is 3. The molecule has 0 amide bonds. The molecule has 0 saturated heterocycles.